The lowest BCUT2D eigenvalue weighted by molar-refractivity contribution is -0.120. The van der Waals surface area contributed by atoms with Crippen molar-refractivity contribution < 1.29 is 9.53 Å². The maximum absolute atomic E-state index is 11.1. The van der Waals surface area contributed by atoms with E-state index in [0.29, 0.717) is 18.9 Å². The van der Waals surface area contributed by atoms with E-state index in [-0.39, 0.29) is 11.8 Å². The lowest BCUT2D eigenvalue weighted by atomic mass is 10.1. The molecule has 1 aliphatic rings. The number of rotatable bonds is 2. The highest BCUT2D eigenvalue weighted by Gasteiger charge is 2.19. The molecule has 1 unspecified atom stereocenters. The van der Waals surface area contributed by atoms with Crippen molar-refractivity contribution in [3.8, 4) is 0 Å². The van der Waals surface area contributed by atoms with E-state index in [1.165, 1.54) is 0 Å². The fourth-order valence-corrected chi connectivity index (χ4v) is 1.11. The largest absolute Gasteiger partial charge is 0.481 e. The van der Waals surface area contributed by atoms with Crippen LogP contribution in [0.3, 0.4) is 0 Å². The molecule has 0 aromatic heterocycles. The lowest BCUT2D eigenvalue weighted by Crippen LogP contribution is -2.26. The highest BCUT2D eigenvalue weighted by molar-refractivity contribution is 5.87. The van der Waals surface area contributed by atoms with Crippen LogP contribution in [0.1, 0.15) is 26.7 Å². The van der Waals surface area contributed by atoms with Crippen molar-refractivity contribution in [2.24, 2.45) is 4.99 Å². The molecule has 3 nitrogen and oxygen atoms in total. The molecule has 0 amide bonds. The van der Waals surface area contributed by atoms with Gasteiger partial charge in [0.25, 0.3) is 0 Å². The van der Waals surface area contributed by atoms with E-state index >= 15 is 0 Å². The van der Waals surface area contributed by atoms with Crippen LogP contribution in [0.25, 0.3) is 0 Å². The minimum Gasteiger partial charge on any atom is -0.481 e. The third-order valence-electron chi connectivity index (χ3n) is 1.76. The second-order valence-electron chi connectivity index (χ2n) is 2.62. The van der Waals surface area contributed by atoms with Gasteiger partial charge in [-0.3, -0.25) is 4.79 Å². The third-order valence-corrected chi connectivity index (χ3v) is 1.76. The molecule has 62 valence electrons. The molecule has 0 bridgehead atoms. The molecule has 0 aromatic rings. The fraction of sp³-hybridized carbons (Fsp3) is 0.750. The van der Waals surface area contributed by atoms with Gasteiger partial charge in [0.15, 0.2) is 11.7 Å². The second-order valence-corrected chi connectivity index (χ2v) is 2.62. The first-order valence-electron chi connectivity index (χ1n) is 3.94. The van der Waals surface area contributed by atoms with Crippen LogP contribution in [-0.2, 0) is 9.53 Å². The van der Waals surface area contributed by atoms with Crippen molar-refractivity contribution in [3.05, 3.63) is 0 Å². The minimum atomic E-state index is -0.131. The number of carbonyl (C=O) groups excluding carboxylic acids is 1. The molecule has 0 radical (unpaired) electrons. The summed E-state index contributed by atoms with van der Waals surface area (Å²) in [7, 11) is 0. The minimum absolute atomic E-state index is 0.131. The Kier molecular flexibility index (Phi) is 2.63. The number of hydrogen-bond acceptors (Lipinski definition) is 3. The molecule has 3 heteroatoms. The Balaban J connectivity index is 2.59. The molecule has 0 aliphatic carbocycles. The highest BCUT2D eigenvalue weighted by Crippen LogP contribution is 2.08. The Morgan fingerprint density at radius 2 is 2.55 bits per heavy atom. The first-order valence-corrected chi connectivity index (χ1v) is 3.94. The molecule has 1 rings (SSSR count). The fourth-order valence-electron chi connectivity index (χ4n) is 1.11. The summed E-state index contributed by atoms with van der Waals surface area (Å²) in [4.78, 5) is 15.2. The smallest absolute Gasteiger partial charge is 0.180 e. The zero-order chi connectivity index (χ0) is 8.27. The number of Topliss-reactive ketones (excluding diaryl/α,β-unsaturated/α-hetero) is 1. The van der Waals surface area contributed by atoms with E-state index in [2.05, 4.69) is 4.99 Å². The highest BCUT2D eigenvalue weighted by atomic mass is 16.5. The third kappa shape index (κ3) is 2.03. The van der Waals surface area contributed by atoms with Gasteiger partial charge in [-0.2, -0.15) is 0 Å². The molecule has 0 saturated carbocycles. The average molecular weight is 155 g/mol. The zero-order valence-corrected chi connectivity index (χ0v) is 6.96. The van der Waals surface area contributed by atoms with Crippen molar-refractivity contribution in [1.82, 2.24) is 0 Å². The number of carbonyl (C=O) groups is 1. The lowest BCUT2D eigenvalue weighted by Gasteiger charge is -2.17. The van der Waals surface area contributed by atoms with Gasteiger partial charge >= 0.3 is 0 Å². The number of ether oxygens (including phenoxy) is 1. The zero-order valence-electron chi connectivity index (χ0n) is 6.96. The van der Waals surface area contributed by atoms with Crippen LogP contribution in [0.15, 0.2) is 4.99 Å². The van der Waals surface area contributed by atoms with E-state index in [9.17, 15) is 4.79 Å². The molecule has 0 fully saturated rings. The van der Waals surface area contributed by atoms with Crippen LogP contribution in [0.2, 0.25) is 0 Å². The standard InChI is InChI=1S/C8H13NO2/c1-3-8(10)7-4-5-11-6(2)9-7/h7H,3-5H2,1-2H3. The van der Waals surface area contributed by atoms with Gasteiger partial charge in [-0.15, -0.1) is 0 Å². The summed E-state index contributed by atoms with van der Waals surface area (Å²) in [6, 6.07) is -0.131. The molecule has 1 heterocycles. The van der Waals surface area contributed by atoms with Gasteiger partial charge in [0.1, 0.15) is 6.04 Å². The number of aliphatic imine (C=N–C) groups is 1. The van der Waals surface area contributed by atoms with Gasteiger partial charge in [0, 0.05) is 19.8 Å². The molecule has 0 saturated heterocycles. The van der Waals surface area contributed by atoms with Crippen LogP contribution in [0.4, 0.5) is 0 Å². The summed E-state index contributed by atoms with van der Waals surface area (Å²) in [5.74, 6) is 0.857. The second kappa shape index (κ2) is 3.51. The monoisotopic (exact) mass is 155 g/mol. The number of hydrogen-bond donors (Lipinski definition) is 0. The summed E-state index contributed by atoms with van der Waals surface area (Å²) >= 11 is 0. The Hall–Kier alpha value is -0.860. The van der Waals surface area contributed by atoms with Crippen molar-refractivity contribution in [3.63, 3.8) is 0 Å². The van der Waals surface area contributed by atoms with Gasteiger partial charge in [-0.1, -0.05) is 6.92 Å². The first-order chi connectivity index (χ1) is 5.24. The maximum atomic E-state index is 11.1. The predicted octanol–water partition coefficient (Wildman–Crippen LogP) is 1.17. The van der Waals surface area contributed by atoms with Crippen molar-refractivity contribution in [1.29, 1.82) is 0 Å². The van der Waals surface area contributed by atoms with Crippen LogP contribution >= 0.6 is 0 Å². The van der Waals surface area contributed by atoms with Gasteiger partial charge in [-0.25, -0.2) is 4.99 Å². The molecule has 1 atom stereocenters. The predicted molar refractivity (Wildman–Crippen MR) is 42.8 cm³/mol. The number of ketones is 1. The van der Waals surface area contributed by atoms with E-state index in [0.717, 1.165) is 6.42 Å². The van der Waals surface area contributed by atoms with Gasteiger partial charge in [0.2, 0.25) is 0 Å². The quantitative estimate of drug-likeness (QED) is 0.600. The summed E-state index contributed by atoms with van der Waals surface area (Å²) < 4.78 is 5.10. The van der Waals surface area contributed by atoms with Crippen LogP contribution in [0.5, 0.6) is 0 Å². The van der Waals surface area contributed by atoms with Crippen molar-refractivity contribution in [2.45, 2.75) is 32.7 Å². The molecular weight excluding hydrogens is 142 g/mol. The SMILES string of the molecule is CCC(=O)C1CCOC(C)=N1. The average Bonchev–Trinajstić information content (AvgIpc) is 2.03. The molecule has 0 spiro atoms. The van der Waals surface area contributed by atoms with Crippen molar-refractivity contribution >= 4 is 11.7 Å². The van der Waals surface area contributed by atoms with Crippen LogP contribution < -0.4 is 0 Å². The Morgan fingerprint density at radius 1 is 1.82 bits per heavy atom. The molecule has 1 aliphatic heterocycles. The van der Waals surface area contributed by atoms with Gasteiger partial charge in [0.05, 0.1) is 6.61 Å². The van der Waals surface area contributed by atoms with E-state index in [1.807, 2.05) is 6.92 Å². The first kappa shape index (κ1) is 8.24. The molecular formula is C8H13NO2. The molecule has 0 N–H and O–H groups in total. The Labute approximate surface area is 66.5 Å². The Bertz CT molecular complexity index is 187. The summed E-state index contributed by atoms with van der Waals surface area (Å²) in [5.41, 5.74) is 0. The molecule has 11 heavy (non-hydrogen) atoms. The van der Waals surface area contributed by atoms with E-state index in [1.54, 1.807) is 6.92 Å². The summed E-state index contributed by atoms with van der Waals surface area (Å²) in [6.45, 7) is 4.28. The van der Waals surface area contributed by atoms with Crippen molar-refractivity contribution in [2.75, 3.05) is 6.61 Å². The summed E-state index contributed by atoms with van der Waals surface area (Å²) in [6.07, 6.45) is 1.31. The number of nitrogens with zero attached hydrogens (tertiary/aromatic N) is 1. The van der Waals surface area contributed by atoms with E-state index < -0.39 is 0 Å². The van der Waals surface area contributed by atoms with Crippen LogP contribution in [-0.4, -0.2) is 24.3 Å². The maximum Gasteiger partial charge on any atom is 0.180 e. The normalized spacial score (nSPS) is 23.8. The molecule has 0 aromatic carbocycles. The van der Waals surface area contributed by atoms with Crippen LogP contribution in [0, 0.1) is 0 Å². The van der Waals surface area contributed by atoms with E-state index in [4.69, 9.17) is 4.74 Å². The van der Waals surface area contributed by atoms with Gasteiger partial charge in [-0.05, 0) is 0 Å². The summed E-state index contributed by atoms with van der Waals surface area (Å²) in [5, 5.41) is 0. The van der Waals surface area contributed by atoms with Gasteiger partial charge < -0.3 is 4.74 Å². The topological polar surface area (TPSA) is 38.7 Å². The Morgan fingerprint density at radius 3 is 3.09 bits per heavy atom.